The number of rotatable bonds is 5. The summed E-state index contributed by atoms with van der Waals surface area (Å²) in [6, 6.07) is 4.44. The summed E-state index contributed by atoms with van der Waals surface area (Å²) in [4.78, 5) is 0. The van der Waals surface area contributed by atoms with Crippen LogP contribution < -0.4 is 10.1 Å². The van der Waals surface area contributed by atoms with Crippen molar-refractivity contribution in [2.75, 3.05) is 13.7 Å². The van der Waals surface area contributed by atoms with Gasteiger partial charge in [-0.15, -0.1) is 0 Å². The molecule has 0 aliphatic rings. The van der Waals surface area contributed by atoms with E-state index in [0.717, 1.165) is 34.2 Å². The lowest BCUT2D eigenvalue weighted by Gasteiger charge is -2.07. The standard InChI is InChI=1S/C14H18BrNO2/c1-9(2)16-5-4-10-8-18-14-12(10)6-11(17-3)7-13(14)15/h6-9,16H,4-5H2,1-3H3. The van der Waals surface area contributed by atoms with Gasteiger partial charge in [-0.05, 0) is 46.6 Å². The second-order valence-electron chi connectivity index (χ2n) is 4.61. The van der Waals surface area contributed by atoms with E-state index < -0.39 is 0 Å². The molecule has 3 nitrogen and oxygen atoms in total. The van der Waals surface area contributed by atoms with Gasteiger partial charge in [-0.2, -0.15) is 0 Å². The van der Waals surface area contributed by atoms with Gasteiger partial charge in [0.05, 0.1) is 17.8 Å². The summed E-state index contributed by atoms with van der Waals surface area (Å²) in [6.07, 6.45) is 2.78. The molecule has 1 N–H and O–H groups in total. The van der Waals surface area contributed by atoms with Crippen LogP contribution in [-0.4, -0.2) is 19.7 Å². The van der Waals surface area contributed by atoms with E-state index in [1.807, 2.05) is 18.4 Å². The lowest BCUT2D eigenvalue weighted by molar-refractivity contribution is 0.415. The maximum Gasteiger partial charge on any atom is 0.148 e. The summed E-state index contributed by atoms with van der Waals surface area (Å²) in [7, 11) is 1.67. The van der Waals surface area contributed by atoms with E-state index in [9.17, 15) is 0 Å². The average Bonchev–Trinajstić information content (AvgIpc) is 2.72. The Bertz CT molecular complexity index is 534. The molecule has 0 aliphatic carbocycles. The number of hydrogen-bond donors (Lipinski definition) is 1. The van der Waals surface area contributed by atoms with Crippen molar-refractivity contribution in [1.82, 2.24) is 5.32 Å². The minimum atomic E-state index is 0.504. The molecule has 0 unspecified atom stereocenters. The Morgan fingerprint density at radius 2 is 2.17 bits per heavy atom. The Labute approximate surface area is 116 Å². The molecule has 2 rings (SSSR count). The van der Waals surface area contributed by atoms with Crippen molar-refractivity contribution in [3.8, 4) is 5.75 Å². The summed E-state index contributed by atoms with van der Waals surface area (Å²) in [5.74, 6) is 0.842. The molecule has 1 aromatic heterocycles. The van der Waals surface area contributed by atoms with Gasteiger partial charge in [-0.3, -0.25) is 0 Å². The summed E-state index contributed by atoms with van der Waals surface area (Å²) < 4.78 is 11.8. The van der Waals surface area contributed by atoms with Crippen LogP contribution in [0.3, 0.4) is 0 Å². The normalized spacial score (nSPS) is 11.4. The molecule has 0 saturated heterocycles. The molecule has 0 spiro atoms. The van der Waals surface area contributed by atoms with Crippen LogP contribution in [-0.2, 0) is 6.42 Å². The van der Waals surface area contributed by atoms with Crippen LogP contribution in [0.2, 0.25) is 0 Å². The van der Waals surface area contributed by atoms with Gasteiger partial charge in [0.1, 0.15) is 11.3 Å². The second kappa shape index (κ2) is 5.76. The summed E-state index contributed by atoms with van der Waals surface area (Å²) >= 11 is 3.50. The van der Waals surface area contributed by atoms with Crippen molar-refractivity contribution >= 4 is 26.9 Å². The average molecular weight is 312 g/mol. The van der Waals surface area contributed by atoms with Gasteiger partial charge in [0.25, 0.3) is 0 Å². The Kier molecular flexibility index (Phi) is 4.30. The molecule has 2 aromatic rings. The molecule has 1 aromatic carbocycles. The largest absolute Gasteiger partial charge is 0.497 e. The van der Waals surface area contributed by atoms with E-state index in [2.05, 4.69) is 35.1 Å². The van der Waals surface area contributed by atoms with Crippen molar-refractivity contribution < 1.29 is 9.15 Å². The Morgan fingerprint density at radius 1 is 1.39 bits per heavy atom. The summed E-state index contributed by atoms with van der Waals surface area (Å²) in [6.45, 7) is 5.24. The molecule has 98 valence electrons. The fraction of sp³-hybridized carbons (Fsp3) is 0.429. The highest BCUT2D eigenvalue weighted by Crippen LogP contribution is 2.32. The Morgan fingerprint density at radius 3 is 2.83 bits per heavy atom. The monoisotopic (exact) mass is 311 g/mol. The number of methoxy groups -OCH3 is 1. The fourth-order valence-corrected chi connectivity index (χ4v) is 2.46. The van der Waals surface area contributed by atoms with Crippen LogP contribution >= 0.6 is 15.9 Å². The zero-order valence-corrected chi connectivity index (χ0v) is 12.5. The van der Waals surface area contributed by atoms with Crippen LogP contribution in [0.15, 0.2) is 27.3 Å². The molecule has 4 heteroatoms. The molecule has 0 atom stereocenters. The minimum absolute atomic E-state index is 0.504. The maximum atomic E-state index is 5.61. The van der Waals surface area contributed by atoms with E-state index in [-0.39, 0.29) is 0 Å². The highest BCUT2D eigenvalue weighted by atomic mass is 79.9. The van der Waals surface area contributed by atoms with Crippen LogP contribution in [0.5, 0.6) is 5.75 Å². The lowest BCUT2D eigenvalue weighted by atomic mass is 10.1. The van der Waals surface area contributed by atoms with Crippen molar-refractivity contribution in [2.24, 2.45) is 0 Å². The number of benzene rings is 1. The third-order valence-corrected chi connectivity index (χ3v) is 3.45. The molecule has 0 bridgehead atoms. The van der Waals surface area contributed by atoms with Crippen molar-refractivity contribution in [2.45, 2.75) is 26.3 Å². The van der Waals surface area contributed by atoms with Gasteiger partial charge in [0.2, 0.25) is 0 Å². The van der Waals surface area contributed by atoms with Crippen LogP contribution in [0.1, 0.15) is 19.4 Å². The van der Waals surface area contributed by atoms with Gasteiger partial charge < -0.3 is 14.5 Å². The highest BCUT2D eigenvalue weighted by Gasteiger charge is 2.11. The van der Waals surface area contributed by atoms with Gasteiger partial charge in [-0.1, -0.05) is 13.8 Å². The van der Waals surface area contributed by atoms with E-state index in [0.29, 0.717) is 6.04 Å². The summed E-state index contributed by atoms with van der Waals surface area (Å²) in [5.41, 5.74) is 2.09. The molecule has 0 amide bonds. The zero-order chi connectivity index (χ0) is 13.1. The summed E-state index contributed by atoms with van der Waals surface area (Å²) in [5, 5.41) is 4.52. The molecular weight excluding hydrogens is 294 g/mol. The fourth-order valence-electron chi connectivity index (χ4n) is 1.93. The van der Waals surface area contributed by atoms with E-state index in [1.54, 1.807) is 7.11 Å². The highest BCUT2D eigenvalue weighted by molar-refractivity contribution is 9.10. The molecule has 18 heavy (non-hydrogen) atoms. The third-order valence-electron chi connectivity index (χ3n) is 2.86. The number of furan rings is 1. The lowest BCUT2D eigenvalue weighted by Crippen LogP contribution is -2.24. The predicted molar refractivity (Wildman–Crippen MR) is 77.3 cm³/mol. The van der Waals surface area contributed by atoms with Crippen molar-refractivity contribution in [3.63, 3.8) is 0 Å². The topological polar surface area (TPSA) is 34.4 Å². The number of hydrogen-bond acceptors (Lipinski definition) is 3. The van der Waals surface area contributed by atoms with Gasteiger partial charge >= 0.3 is 0 Å². The number of halogens is 1. The number of fused-ring (bicyclic) bond motifs is 1. The van der Waals surface area contributed by atoms with Gasteiger partial charge in [0.15, 0.2) is 0 Å². The first-order chi connectivity index (χ1) is 8.61. The SMILES string of the molecule is COc1cc(Br)c2occ(CCNC(C)C)c2c1. The van der Waals surface area contributed by atoms with Gasteiger partial charge in [-0.25, -0.2) is 0 Å². The smallest absolute Gasteiger partial charge is 0.148 e. The number of nitrogens with one attached hydrogen (secondary N) is 1. The first kappa shape index (κ1) is 13.4. The molecule has 0 saturated carbocycles. The Hall–Kier alpha value is -1.00. The molecule has 0 aliphatic heterocycles. The van der Waals surface area contributed by atoms with Crippen LogP contribution in [0, 0.1) is 0 Å². The van der Waals surface area contributed by atoms with E-state index in [4.69, 9.17) is 9.15 Å². The zero-order valence-electron chi connectivity index (χ0n) is 10.9. The van der Waals surface area contributed by atoms with Gasteiger partial charge in [0, 0.05) is 11.4 Å². The Balaban J connectivity index is 2.25. The minimum Gasteiger partial charge on any atom is -0.497 e. The molecule has 1 heterocycles. The first-order valence-corrected chi connectivity index (χ1v) is 6.88. The molecule has 0 radical (unpaired) electrons. The van der Waals surface area contributed by atoms with E-state index in [1.165, 1.54) is 5.56 Å². The number of ether oxygens (including phenoxy) is 1. The molecule has 0 fully saturated rings. The van der Waals surface area contributed by atoms with E-state index >= 15 is 0 Å². The maximum absolute atomic E-state index is 5.61. The van der Waals surface area contributed by atoms with Crippen molar-refractivity contribution in [1.29, 1.82) is 0 Å². The predicted octanol–water partition coefficient (Wildman–Crippen LogP) is 3.74. The quantitative estimate of drug-likeness (QED) is 0.913. The van der Waals surface area contributed by atoms with Crippen molar-refractivity contribution in [3.05, 3.63) is 28.4 Å². The van der Waals surface area contributed by atoms with Crippen LogP contribution in [0.25, 0.3) is 11.0 Å². The van der Waals surface area contributed by atoms with Crippen LogP contribution in [0.4, 0.5) is 0 Å². The second-order valence-corrected chi connectivity index (χ2v) is 5.46. The third kappa shape index (κ3) is 2.87. The first-order valence-electron chi connectivity index (χ1n) is 6.09. The molecular formula is C14H18BrNO2.